The monoisotopic (exact) mass is 594 g/mol. The lowest BCUT2D eigenvalue weighted by atomic mass is 9.99. The molecule has 1 aliphatic heterocycles. The van der Waals surface area contributed by atoms with E-state index in [0.717, 1.165) is 35.9 Å². The fraction of sp³-hybridized carbons (Fsp3) is 0.200. The summed E-state index contributed by atoms with van der Waals surface area (Å²) in [5.41, 5.74) is -0.541. The number of hydrogen-bond acceptors (Lipinski definition) is 13. The van der Waals surface area contributed by atoms with Crippen molar-refractivity contribution in [2.45, 2.75) is 30.7 Å². The number of aromatic hydroxyl groups is 4. The number of phenolic OH excluding ortho intramolecular Hbond substituents is 4. The minimum absolute atomic E-state index is 0.00583. The van der Waals surface area contributed by atoms with Gasteiger partial charge in [0.1, 0.15) is 53.5 Å². The number of phenols is 4. The highest BCUT2D eigenvalue weighted by Gasteiger charge is 2.46. The van der Waals surface area contributed by atoms with Crippen LogP contribution in [0.25, 0.3) is 28.4 Å². The van der Waals surface area contributed by atoms with Crippen LogP contribution in [0.15, 0.2) is 76.0 Å². The fourth-order valence-corrected chi connectivity index (χ4v) is 4.44. The maximum Gasteiger partial charge on any atom is 0.330 e. The molecule has 2 heterocycles. The summed E-state index contributed by atoms with van der Waals surface area (Å²) in [6.07, 6.45) is -6.14. The van der Waals surface area contributed by atoms with Crippen molar-refractivity contribution in [3.8, 4) is 40.1 Å². The molecule has 5 atom stereocenters. The van der Waals surface area contributed by atoms with E-state index < -0.39 is 82.8 Å². The van der Waals surface area contributed by atoms with E-state index in [2.05, 4.69) is 0 Å². The van der Waals surface area contributed by atoms with Gasteiger partial charge in [-0.1, -0.05) is 30.3 Å². The smallest absolute Gasteiger partial charge is 0.330 e. The van der Waals surface area contributed by atoms with Gasteiger partial charge < -0.3 is 54.4 Å². The third-order valence-corrected chi connectivity index (χ3v) is 6.66. The third kappa shape index (κ3) is 6.10. The predicted molar refractivity (Wildman–Crippen MR) is 148 cm³/mol. The zero-order valence-corrected chi connectivity index (χ0v) is 22.1. The van der Waals surface area contributed by atoms with Crippen LogP contribution in [-0.4, -0.2) is 79.0 Å². The molecule has 0 aliphatic carbocycles. The van der Waals surface area contributed by atoms with Crippen molar-refractivity contribution in [1.82, 2.24) is 0 Å². The maximum atomic E-state index is 13.6. The van der Waals surface area contributed by atoms with Crippen molar-refractivity contribution in [3.05, 3.63) is 82.5 Å². The van der Waals surface area contributed by atoms with Crippen molar-refractivity contribution < 1.29 is 59.2 Å². The second kappa shape index (κ2) is 12.0. The number of carbonyl (C=O) groups is 1. The van der Waals surface area contributed by atoms with Crippen LogP contribution in [0.2, 0.25) is 0 Å². The lowest BCUT2D eigenvalue weighted by molar-refractivity contribution is -0.278. The summed E-state index contributed by atoms with van der Waals surface area (Å²) in [7, 11) is 0. The molecule has 1 fully saturated rings. The molecule has 0 spiro atoms. The quantitative estimate of drug-likeness (QED) is 0.0923. The minimum Gasteiger partial charge on any atom is -0.508 e. The van der Waals surface area contributed by atoms with Gasteiger partial charge in [0.15, 0.2) is 17.3 Å². The van der Waals surface area contributed by atoms with E-state index in [9.17, 15) is 45.3 Å². The SMILES string of the molecule is O=C(/C=C/c1ccccc1)OC[C@H]1O[C@@H](Oc2c(-c3ccc(O)c(O)c3)oc3cc(O)cc(O)c3c2=O)[C@H](O)[C@@H](O)[C@@H]1O. The summed E-state index contributed by atoms with van der Waals surface area (Å²) >= 11 is 0. The number of ether oxygens (including phenoxy) is 3. The van der Waals surface area contributed by atoms with E-state index in [1.165, 1.54) is 12.1 Å². The molecule has 4 aromatic rings. The van der Waals surface area contributed by atoms with Crippen molar-refractivity contribution in [1.29, 1.82) is 0 Å². The van der Waals surface area contributed by atoms with Gasteiger partial charge in [0.25, 0.3) is 0 Å². The number of fused-ring (bicyclic) bond motifs is 1. The van der Waals surface area contributed by atoms with Gasteiger partial charge in [-0.15, -0.1) is 0 Å². The molecular weight excluding hydrogens is 568 g/mol. The Morgan fingerprint density at radius 2 is 1.60 bits per heavy atom. The van der Waals surface area contributed by atoms with Crippen molar-refractivity contribution in [2.75, 3.05) is 6.61 Å². The first-order valence-electron chi connectivity index (χ1n) is 12.8. The summed E-state index contributed by atoms with van der Waals surface area (Å²) in [4.78, 5) is 25.8. The van der Waals surface area contributed by atoms with Crippen LogP contribution < -0.4 is 10.2 Å². The van der Waals surface area contributed by atoms with Gasteiger partial charge in [0, 0.05) is 23.8 Å². The molecule has 0 amide bonds. The zero-order valence-electron chi connectivity index (χ0n) is 22.1. The largest absolute Gasteiger partial charge is 0.508 e. The van der Waals surface area contributed by atoms with E-state index in [0.29, 0.717) is 0 Å². The molecular formula is C30H26O13. The number of aliphatic hydroxyl groups excluding tert-OH is 3. The summed E-state index contributed by atoms with van der Waals surface area (Å²) in [6, 6.07) is 14.2. The molecule has 0 unspecified atom stereocenters. The van der Waals surface area contributed by atoms with Gasteiger partial charge in [0.05, 0.1) is 0 Å². The van der Waals surface area contributed by atoms with Crippen molar-refractivity contribution >= 4 is 23.0 Å². The van der Waals surface area contributed by atoms with Crippen LogP contribution >= 0.6 is 0 Å². The molecule has 13 nitrogen and oxygen atoms in total. The number of rotatable bonds is 7. The molecule has 0 saturated carbocycles. The highest BCUT2D eigenvalue weighted by Crippen LogP contribution is 2.39. The fourth-order valence-electron chi connectivity index (χ4n) is 4.44. The van der Waals surface area contributed by atoms with Crippen LogP contribution in [0.4, 0.5) is 0 Å². The van der Waals surface area contributed by atoms with Crippen molar-refractivity contribution in [3.63, 3.8) is 0 Å². The minimum atomic E-state index is -1.93. The van der Waals surface area contributed by atoms with Gasteiger partial charge in [-0.3, -0.25) is 4.79 Å². The Morgan fingerprint density at radius 1 is 0.860 bits per heavy atom. The molecule has 224 valence electrons. The predicted octanol–water partition coefficient (Wildman–Crippen LogP) is 1.73. The first-order valence-corrected chi connectivity index (χ1v) is 12.8. The number of esters is 1. The molecule has 1 aromatic heterocycles. The van der Waals surface area contributed by atoms with Crippen LogP contribution in [0.1, 0.15) is 5.56 Å². The summed E-state index contributed by atoms with van der Waals surface area (Å²) in [5, 5.41) is 71.2. The summed E-state index contributed by atoms with van der Waals surface area (Å²) < 4.78 is 22.2. The van der Waals surface area contributed by atoms with Crippen LogP contribution in [0.3, 0.4) is 0 Å². The zero-order chi connectivity index (χ0) is 30.8. The molecule has 13 heteroatoms. The lowest BCUT2D eigenvalue weighted by Gasteiger charge is -2.39. The normalized spacial score (nSPS) is 22.1. The summed E-state index contributed by atoms with van der Waals surface area (Å²) in [6.45, 7) is -0.576. The average molecular weight is 595 g/mol. The molecule has 3 aromatic carbocycles. The van der Waals surface area contributed by atoms with E-state index in [-0.39, 0.29) is 16.9 Å². The topological polar surface area (TPSA) is 217 Å². The first-order chi connectivity index (χ1) is 20.5. The van der Waals surface area contributed by atoms with E-state index in [4.69, 9.17) is 18.6 Å². The molecule has 7 N–H and O–H groups in total. The average Bonchev–Trinajstić information content (AvgIpc) is 2.98. The Balaban J connectivity index is 1.45. The van der Waals surface area contributed by atoms with Crippen LogP contribution in [-0.2, 0) is 14.3 Å². The Bertz CT molecular complexity index is 1730. The van der Waals surface area contributed by atoms with Gasteiger partial charge in [-0.25, -0.2) is 4.79 Å². The molecule has 1 saturated heterocycles. The third-order valence-electron chi connectivity index (χ3n) is 6.66. The number of aliphatic hydroxyl groups is 3. The Morgan fingerprint density at radius 3 is 2.33 bits per heavy atom. The molecule has 5 rings (SSSR count). The number of benzene rings is 3. The second-order valence-corrected chi connectivity index (χ2v) is 9.64. The molecule has 1 aliphatic rings. The molecule has 0 radical (unpaired) electrons. The van der Waals surface area contributed by atoms with E-state index in [1.807, 2.05) is 6.07 Å². The Labute approximate surface area is 242 Å². The Kier molecular flexibility index (Phi) is 8.23. The first kappa shape index (κ1) is 29.4. The van der Waals surface area contributed by atoms with Gasteiger partial charge in [-0.05, 0) is 29.8 Å². The van der Waals surface area contributed by atoms with Gasteiger partial charge in [0.2, 0.25) is 17.5 Å². The molecule has 43 heavy (non-hydrogen) atoms. The standard InChI is InChI=1S/C30H26O13/c31-16-11-19(34)23-20(12-16)41-28(15-7-8-17(32)18(33)10-15)29(25(23)37)43-30-27(39)26(38)24(36)21(42-30)13-40-22(35)9-6-14-4-2-1-3-5-14/h1-12,21,24,26-27,30-34,36,38-39H,13H2/b9-6+/t21-,24-,26+,27-,30+/m1/s1. The van der Waals surface area contributed by atoms with E-state index in [1.54, 1.807) is 24.3 Å². The van der Waals surface area contributed by atoms with E-state index >= 15 is 0 Å². The van der Waals surface area contributed by atoms with Crippen LogP contribution in [0.5, 0.6) is 28.7 Å². The van der Waals surface area contributed by atoms with Crippen molar-refractivity contribution in [2.24, 2.45) is 0 Å². The highest BCUT2D eigenvalue weighted by molar-refractivity contribution is 5.88. The van der Waals surface area contributed by atoms with Gasteiger partial charge in [-0.2, -0.15) is 0 Å². The highest BCUT2D eigenvalue weighted by atomic mass is 16.7. The Hall–Kier alpha value is -5.08. The lowest BCUT2D eigenvalue weighted by Crippen LogP contribution is -2.60. The number of hydrogen-bond donors (Lipinski definition) is 7. The maximum absolute atomic E-state index is 13.6. The van der Waals surface area contributed by atoms with Gasteiger partial charge >= 0.3 is 5.97 Å². The molecule has 0 bridgehead atoms. The van der Waals surface area contributed by atoms with Crippen LogP contribution in [0, 0.1) is 0 Å². The number of carbonyl (C=O) groups excluding carboxylic acids is 1. The second-order valence-electron chi connectivity index (χ2n) is 9.64. The summed E-state index contributed by atoms with van der Waals surface area (Å²) in [5.74, 6) is -3.98.